The van der Waals surface area contributed by atoms with Crippen molar-refractivity contribution in [3.63, 3.8) is 0 Å². The standard InChI is InChI=1S/C15H17NO2S/c1-11(17)15-13(7-4-8-14(15)18-3)16(2)10-12-6-5-9-19-12/h4-9H,10H2,1-3H3. The van der Waals surface area contributed by atoms with E-state index >= 15 is 0 Å². The van der Waals surface area contributed by atoms with Gasteiger partial charge in [-0.15, -0.1) is 11.3 Å². The van der Waals surface area contributed by atoms with E-state index in [2.05, 4.69) is 16.3 Å². The molecule has 100 valence electrons. The Morgan fingerprint density at radius 2 is 2.11 bits per heavy atom. The zero-order chi connectivity index (χ0) is 13.8. The number of carbonyl (C=O) groups excluding carboxylic acids is 1. The summed E-state index contributed by atoms with van der Waals surface area (Å²) in [6, 6.07) is 9.80. The molecule has 19 heavy (non-hydrogen) atoms. The Kier molecular flexibility index (Phi) is 4.22. The van der Waals surface area contributed by atoms with Gasteiger partial charge in [-0.1, -0.05) is 12.1 Å². The van der Waals surface area contributed by atoms with E-state index in [1.165, 1.54) is 4.88 Å². The minimum absolute atomic E-state index is 0.0190. The molecule has 0 aliphatic carbocycles. The molecule has 0 atom stereocenters. The summed E-state index contributed by atoms with van der Waals surface area (Å²) in [5, 5.41) is 2.06. The molecule has 0 radical (unpaired) electrons. The Bertz CT molecular complexity index is 564. The lowest BCUT2D eigenvalue weighted by atomic mass is 10.1. The minimum Gasteiger partial charge on any atom is -0.496 e. The molecule has 2 aromatic rings. The summed E-state index contributed by atoms with van der Waals surface area (Å²) in [5.41, 5.74) is 1.55. The number of nitrogens with zero attached hydrogens (tertiary/aromatic N) is 1. The number of benzene rings is 1. The van der Waals surface area contributed by atoms with Crippen LogP contribution in [-0.4, -0.2) is 19.9 Å². The summed E-state index contributed by atoms with van der Waals surface area (Å²) in [4.78, 5) is 15.2. The molecule has 0 amide bonds. The van der Waals surface area contributed by atoms with Gasteiger partial charge in [0.15, 0.2) is 5.78 Å². The van der Waals surface area contributed by atoms with Gasteiger partial charge in [-0.2, -0.15) is 0 Å². The molecule has 0 aliphatic heterocycles. The van der Waals surface area contributed by atoms with Crippen molar-refractivity contribution in [2.75, 3.05) is 19.1 Å². The van der Waals surface area contributed by atoms with Gasteiger partial charge in [-0.05, 0) is 30.5 Å². The Morgan fingerprint density at radius 1 is 1.32 bits per heavy atom. The second kappa shape index (κ2) is 5.89. The summed E-state index contributed by atoms with van der Waals surface area (Å²) in [6.45, 7) is 2.35. The summed E-state index contributed by atoms with van der Waals surface area (Å²) < 4.78 is 5.29. The molecule has 1 heterocycles. The molecule has 3 nitrogen and oxygen atoms in total. The van der Waals surface area contributed by atoms with Crippen LogP contribution >= 0.6 is 11.3 Å². The molecule has 0 spiro atoms. The van der Waals surface area contributed by atoms with E-state index in [1.807, 2.05) is 31.3 Å². The van der Waals surface area contributed by atoms with Crippen molar-refractivity contribution < 1.29 is 9.53 Å². The molecule has 0 bridgehead atoms. The van der Waals surface area contributed by atoms with Crippen molar-refractivity contribution in [1.82, 2.24) is 0 Å². The first kappa shape index (κ1) is 13.6. The Labute approximate surface area is 117 Å². The van der Waals surface area contributed by atoms with E-state index in [0.717, 1.165) is 12.2 Å². The van der Waals surface area contributed by atoms with Crippen LogP contribution in [0.25, 0.3) is 0 Å². The van der Waals surface area contributed by atoms with Crippen LogP contribution in [-0.2, 0) is 6.54 Å². The lowest BCUT2D eigenvalue weighted by molar-refractivity contribution is 0.101. The summed E-state index contributed by atoms with van der Waals surface area (Å²) >= 11 is 1.71. The average molecular weight is 275 g/mol. The zero-order valence-corrected chi connectivity index (χ0v) is 12.2. The van der Waals surface area contributed by atoms with E-state index in [4.69, 9.17) is 4.74 Å². The van der Waals surface area contributed by atoms with Crippen LogP contribution in [0.4, 0.5) is 5.69 Å². The van der Waals surface area contributed by atoms with E-state index in [0.29, 0.717) is 11.3 Å². The molecule has 0 saturated carbocycles. The Balaban J connectivity index is 2.35. The molecule has 0 unspecified atom stereocenters. The van der Waals surface area contributed by atoms with Crippen LogP contribution in [0.1, 0.15) is 22.2 Å². The van der Waals surface area contributed by atoms with Crippen molar-refractivity contribution in [1.29, 1.82) is 0 Å². The number of hydrogen-bond acceptors (Lipinski definition) is 4. The van der Waals surface area contributed by atoms with E-state index in [1.54, 1.807) is 25.4 Å². The van der Waals surface area contributed by atoms with Gasteiger partial charge in [0.1, 0.15) is 5.75 Å². The highest BCUT2D eigenvalue weighted by Crippen LogP contribution is 2.30. The van der Waals surface area contributed by atoms with Crippen molar-refractivity contribution in [3.8, 4) is 5.75 Å². The van der Waals surface area contributed by atoms with Gasteiger partial charge >= 0.3 is 0 Å². The number of ketones is 1. The van der Waals surface area contributed by atoms with Crippen molar-refractivity contribution in [2.45, 2.75) is 13.5 Å². The van der Waals surface area contributed by atoms with Gasteiger partial charge in [0.2, 0.25) is 0 Å². The largest absolute Gasteiger partial charge is 0.496 e. The van der Waals surface area contributed by atoms with Crippen molar-refractivity contribution in [2.24, 2.45) is 0 Å². The number of hydrogen-bond donors (Lipinski definition) is 0. The average Bonchev–Trinajstić information content (AvgIpc) is 2.90. The smallest absolute Gasteiger partial charge is 0.165 e. The molecule has 0 fully saturated rings. The maximum absolute atomic E-state index is 11.8. The second-order valence-electron chi connectivity index (χ2n) is 4.35. The quantitative estimate of drug-likeness (QED) is 0.781. The highest BCUT2D eigenvalue weighted by Gasteiger charge is 2.16. The summed E-state index contributed by atoms with van der Waals surface area (Å²) in [5.74, 6) is 0.647. The third-order valence-corrected chi connectivity index (χ3v) is 3.82. The molecule has 2 rings (SSSR count). The first-order valence-corrected chi connectivity index (χ1v) is 6.93. The number of thiophene rings is 1. The van der Waals surface area contributed by atoms with E-state index in [-0.39, 0.29) is 5.78 Å². The SMILES string of the molecule is COc1cccc(N(C)Cc2cccs2)c1C(C)=O. The number of methoxy groups -OCH3 is 1. The van der Waals surface area contributed by atoms with Gasteiger partial charge in [0, 0.05) is 11.9 Å². The normalized spacial score (nSPS) is 10.3. The molecular weight excluding hydrogens is 258 g/mol. The summed E-state index contributed by atoms with van der Waals surface area (Å²) in [6.07, 6.45) is 0. The molecule has 1 aromatic carbocycles. The van der Waals surface area contributed by atoms with Crippen LogP contribution in [0.2, 0.25) is 0 Å². The number of rotatable bonds is 5. The molecule has 1 aromatic heterocycles. The molecular formula is C15H17NO2S. The zero-order valence-electron chi connectivity index (χ0n) is 11.3. The first-order chi connectivity index (χ1) is 9.13. The predicted octanol–water partition coefficient (Wildman–Crippen LogP) is 3.60. The number of Topliss-reactive ketones (excluding diaryl/α,β-unsaturated/α-hetero) is 1. The number of ether oxygens (including phenoxy) is 1. The molecule has 0 N–H and O–H groups in total. The van der Waals surface area contributed by atoms with Crippen LogP contribution in [0, 0.1) is 0 Å². The molecule has 0 aliphatic rings. The fourth-order valence-electron chi connectivity index (χ4n) is 2.08. The van der Waals surface area contributed by atoms with Gasteiger partial charge in [-0.3, -0.25) is 4.79 Å². The van der Waals surface area contributed by atoms with Crippen LogP contribution in [0.15, 0.2) is 35.7 Å². The maximum atomic E-state index is 11.8. The van der Waals surface area contributed by atoms with Crippen molar-refractivity contribution >= 4 is 22.8 Å². The topological polar surface area (TPSA) is 29.5 Å². The minimum atomic E-state index is 0.0190. The Hall–Kier alpha value is -1.81. The number of carbonyl (C=O) groups is 1. The van der Waals surface area contributed by atoms with E-state index in [9.17, 15) is 4.79 Å². The number of anilines is 1. The highest BCUT2D eigenvalue weighted by atomic mass is 32.1. The van der Waals surface area contributed by atoms with Gasteiger partial charge in [-0.25, -0.2) is 0 Å². The third kappa shape index (κ3) is 2.96. The van der Waals surface area contributed by atoms with Crippen LogP contribution in [0.5, 0.6) is 5.75 Å². The second-order valence-corrected chi connectivity index (χ2v) is 5.38. The van der Waals surface area contributed by atoms with Gasteiger partial charge in [0.05, 0.1) is 24.9 Å². The van der Waals surface area contributed by atoms with E-state index < -0.39 is 0 Å². The lowest BCUT2D eigenvalue weighted by Crippen LogP contribution is -2.18. The lowest BCUT2D eigenvalue weighted by Gasteiger charge is -2.22. The van der Waals surface area contributed by atoms with Gasteiger partial charge in [0.25, 0.3) is 0 Å². The summed E-state index contributed by atoms with van der Waals surface area (Å²) in [7, 11) is 3.58. The van der Waals surface area contributed by atoms with Gasteiger partial charge < -0.3 is 9.64 Å². The van der Waals surface area contributed by atoms with Crippen molar-refractivity contribution in [3.05, 3.63) is 46.2 Å². The molecule has 4 heteroatoms. The monoisotopic (exact) mass is 275 g/mol. The first-order valence-electron chi connectivity index (χ1n) is 6.05. The molecule has 0 saturated heterocycles. The fourth-order valence-corrected chi connectivity index (χ4v) is 2.84. The Morgan fingerprint density at radius 3 is 2.68 bits per heavy atom. The third-order valence-electron chi connectivity index (χ3n) is 2.96. The van der Waals surface area contributed by atoms with Crippen LogP contribution in [0.3, 0.4) is 0 Å². The highest BCUT2D eigenvalue weighted by molar-refractivity contribution is 7.09. The van der Waals surface area contributed by atoms with Crippen LogP contribution < -0.4 is 9.64 Å². The fraction of sp³-hybridized carbons (Fsp3) is 0.267. The maximum Gasteiger partial charge on any atom is 0.165 e. The predicted molar refractivity (Wildman–Crippen MR) is 79.4 cm³/mol.